The van der Waals surface area contributed by atoms with Crippen LogP contribution in [0.25, 0.3) is 16.9 Å². The lowest BCUT2D eigenvalue weighted by Crippen LogP contribution is -2.25. The van der Waals surface area contributed by atoms with Crippen LogP contribution in [0.15, 0.2) is 79.1 Å². The van der Waals surface area contributed by atoms with Crippen LogP contribution in [0.5, 0.6) is 5.75 Å². The van der Waals surface area contributed by atoms with Crippen molar-refractivity contribution in [2.75, 3.05) is 7.11 Å². The molecule has 0 aliphatic rings. The second-order valence-corrected chi connectivity index (χ2v) is 6.96. The minimum absolute atomic E-state index is 0.264. The molecule has 1 amide bonds. The first-order valence-electron chi connectivity index (χ1n) is 9.32. The monoisotopic (exact) mass is 418 g/mol. The Balaban J connectivity index is 1.72. The Hall–Kier alpha value is -3.64. The highest BCUT2D eigenvalue weighted by Gasteiger charge is 2.19. The van der Waals surface area contributed by atoms with Crippen LogP contribution in [-0.4, -0.2) is 27.8 Å². The van der Waals surface area contributed by atoms with Crippen LogP contribution in [0.1, 0.15) is 16.1 Å². The van der Waals surface area contributed by atoms with Crippen LogP contribution in [0.4, 0.5) is 0 Å². The van der Waals surface area contributed by atoms with Gasteiger partial charge in [0.15, 0.2) is 0 Å². The quantitative estimate of drug-likeness (QED) is 0.499. The molecule has 2 aromatic heterocycles. The number of methoxy groups -OCH3 is 1. The van der Waals surface area contributed by atoms with Crippen molar-refractivity contribution in [2.45, 2.75) is 6.54 Å². The minimum atomic E-state index is -0.264. The highest BCUT2D eigenvalue weighted by Crippen LogP contribution is 2.27. The first kappa shape index (κ1) is 19.7. The Morgan fingerprint density at radius 1 is 1.10 bits per heavy atom. The zero-order valence-corrected chi connectivity index (χ0v) is 17.0. The first-order valence-corrected chi connectivity index (χ1v) is 9.70. The van der Waals surface area contributed by atoms with Gasteiger partial charge in [0.05, 0.1) is 23.5 Å². The molecule has 2 heterocycles. The zero-order valence-electron chi connectivity index (χ0n) is 16.2. The smallest absolute Gasteiger partial charge is 0.270 e. The van der Waals surface area contributed by atoms with E-state index in [4.69, 9.17) is 16.3 Å². The molecular weight excluding hydrogens is 400 g/mol. The largest absolute Gasteiger partial charge is 0.497 e. The van der Waals surface area contributed by atoms with Gasteiger partial charge < -0.3 is 10.1 Å². The number of para-hydroxylation sites is 1. The molecule has 0 bridgehead atoms. The topological polar surface area (TPSA) is 69.0 Å². The number of nitrogens with zero attached hydrogens (tertiary/aromatic N) is 3. The van der Waals surface area contributed by atoms with Crippen LogP contribution >= 0.6 is 11.6 Å². The van der Waals surface area contributed by atoms with Crippen molar-refractivity contribution in [2.24, 2.45) is 0 Å². The number of rotatable bonds is 6. The van der Waals surface area contributed by atoms with E-state index in [1.54, 1.807) is 36.3 Å². The fraction of sp³-hybridized carbons (Fsp3) is 0.0870. The van der Waals surface area contributed by atoms with E-state index in [1.165, 1.54) is 0 Å². The van der Waals surface area contributed by atoms with Gasteiger partial charge in [0.2, 0.25) is 0 Å². The third kappa shape index (κ3) is 4.18. The maximum absolute atomic E-state index is 13.0. The van der Waals surface area contributed by atoms with Gasteiger partial charge in [-0.1, -0.05) is 41.9 Å². The van der Waals surface area contributed by atoms with Gasteiger partial charge in [-0.3, -0.25) is 9.78 Å². The van der Waals surface area contributed by atoms with Gasteiger partial charge in [-0.15, -0.1) is 0 Å². The molecule has 30 heavy (non-hydrogen) atoms. The fourth-order valence-electron chi connectivity index (χ4n) is 3.05. The average molecular weight is 419 g/mol. The number of aromatic nitrogens is 3. The van der Waals surface area contributed by atoms with E-state index >= 15 is 0 Å². The third-order valence-electron chi connectivity index (χ3n) is 4.56. The number of pyridine rings is 1. The van der Waals surface area contributed by atoms with Gasteiger partial charge in [0.1, 0.15) is 11.4 Å². The molecule has 7 heteroatoms. The highest BCUT2D eigenvalue weighted by atomic mass is 35.5. The van der Waals surface area contributed by atoms with Gasteiger partial charge >= 0.3 is 0 Å². The van der Waals surface area contributed by atoms with Crippen LogP contribution in [-0.2, 0) is 6.54 Å². The lowest BCUT2D eigenvalue weighted by Gasteiger charge is -2.09. The number of nitrogens with one attached hydrogen (secondary N) is 1. The molecule has 0 aliphatic carbocycles. The summed E-state index contributed by atoms with van der Waals surface area (Å²) in [6.07, 6.45) is 3.41. The molecule has 2 aromatic carbocycles. The molecule has 4 aromatic rings. The van der Waals surface area contributed by atoms with Crippen molar-refractivity contribution in [3.63, 3.8) is 0 Å². The SMILES string of the molecule is COc1cccc(-c2cc(C(=O)NCc3cccnc3)n(-c3ccccc3Cl)n2)c1. The second-order valence-electron chi connectivity index (χ2n) is 6.55. The van der Waals surface area contributed by atoms with Gasteiger partial charge in [0, 0.05) is 24.5 Å². The molecule has 6 nitrogen and oxygen atoms in total. The molecule has 0 atom stereocenters. The Morgan fingerprint density at radius 3 is 2.73 bits per heavy atom. The maximum Gasteiger partial charge on any atom is 0.270 e. The minimum Gasteiger partial charge on any atom is -0.497 e. The number of hydrogen-bond acceptors (Lipinski definition) is 4. The molecule has 0 radical (unpaired) electrons. The number of carbonyl (C=O) groups is 1. The van der Waals surface area contributed by atoms with Crippen LogP contribution < -0.4 is 10.1 Å². The second kappa shape index (κ2) is 8.80. The summed E-state index contributed by atoms with van der Waals surface area (Å²) in [5.74, 6) is 0.447. The van der Waals surface area contributed by atoms with Crippen molar-refractivity contribution in [3.05, 3.63) is 95.4 Å². The molecule has 0 fully saturated rings. The standard InChI is InChI=1S/C23H19ClN4O2/c1-30-18-8-4-7-17(12-18)20-13-22(23(29)26-15-16-6-5-11-25-14-16)28(27-20)21-10-3-2-9-19(21)24/h2-14H,15H2,1H3,(H,26,29). The van der Waals surface area contributed by atoms with E-state index in [2.05, 4.69) is 15.4 Å². The summed E-state index contributed by atoms with van der Waals surface area (Å²) < 4.78 is 6.88. The molecule has 1 N–H and O–H groups in total. The normalized spacial score (nSPS) is 10.6. The lowest BCUT2D eigenvalue weighted by atomic mass is 10.1. The lowest BCUT2D eigenvalue weighted by molar-refractivity contribution is 0.0943. The van der Waals surface area contributed by atoms with E-state index in [9.17, 15) is 4.79 Å². The number of amides is 1. The summed E-state index contributed by atoms with van der Waals surface area (Å²) in [5, 5.41) is 8.09. The number of ether oxygens (including phenoxy) is 1. The van der Waals surface area contributed by atoms with E-state index < -0.39 is 0 Å². The first-order chi connectivity index (χ1) is 14.7. The van der Waals surface area contributed by atoms with E-state index in [0.717, 1.165) is 11.1 Å². The summed E-state index contributed by atoms with van der Waals surface area (Å²) in [4.78, 5) is 17.1. The van der Waals surface area contributed by atoms with Crippen LogP contribution in [0.2, 0.25) is 5.02 Å². The van der Waals surface area contributed by atoms with E-state index in [-0.39, 0.29) is 5.91 Å². The van der Waals surface area contributed by atoms with E-state index in [0.29, 0.717) is 34.4 Å². The van der Waals surface area contributed by atoms with Crippen LogP contribution in [0.3, 0.4) is 0 Å². The maximum atomic E-state index is 13.0. The van der Waals surface area contributed by atoms with Crippen molar-refractivity contribution >= 4 is 17.5 Å². The predicted octanol–water partition coefficient (Wildman–Crippen LogP) is 4.53. The number of benzene rings is 2. The Bertz CT molecular complexity index is 1170. The number of carbonyl (C=O) groups excluding carboxylic acids is 1. The number of halogens is 1. The molecule has 0 saturated heterocycles. The fourth-order valence-corrected chi connectivity index (χ4v) is 3.26. The van der Waals surface area contributed by atoms with Gasteiger partial charge in [-0.2, -0.15) is 5.10 Å². The summed E-state index contributed by atoms with van der Waals surface area (Å²) in [6, 6.07) is 20.3. The average Bonchev–Trinajstić information content (AvgIpc) is 3.24. The molecule has 0 unspecified atom stereocenters. The van der Waals surface area contributed by atoms with Gasteiger partial charge in [-0.05, 0) is 42.0 Å². The molecule has 0 spiro atoms. The summed E-state index contributed by atoms with van der Waals surface area (Å²) in [5.41, 5.74) is 3.38. The molecular formula is C23H19ClN4O2. The molecule has 0 aliphatic heterocycles. The van der Waals surface area contributed by atoms with E-state index in [1.807, 2.05) is 54.6 Å². The van der Waals surface area contributed by atoms with Crippen molar-refractivity contribution in [1.29, 1.82) is 0 Å². The molecule has 4 rings (SSSR count). The zero-order chi connectivity index (χ0) is 20.9. The summed E-state index contributed by atoms with van der Waals surface area (Å²) in [6.45, 7) is 0.356. The Labute approximate surface area is 179 Å². The van der Waals surface area contributed by atoms with Crippen molar-refractivity contribution in [1.82, 2.24) is 20.1 Å². The molecule has 150 valence electrons. The molecule has 0 saturated carbocycles. The summed E-state index contributed by atoms with van der Waals surface area (Å²) >= 11 is 6.39. The third-order valence-corrected chi connectivity index (χ3v) is 4.88. The summed E-state index contributed by atoms with van der Waals surface area (Å²) in [7, 11) is 1.61. The Kier molecular flexibility index (Phi) is 5.77. The van der Waals surface area contributed by atoms with Gasteiger partial charge in [-0.25, -0.2) is 4.68 Å². The van der Waals surface area contributed by atoms with Crippen molar-refractivity contribution in [3.8, 4) is 22.7 Å². The number of hydrogen-bond donors (Lipinski definition) is 1. The van der Waals surface area contributed by atoms with Crippen LogP contribution in [0, 0.1) is 0 Å². The van der Waals surface area contributed by atoms with Gasteiger partial charge in [0.25, 0.3) is 5.91 Å². The predicted molar refractivity (Wildman–Crippen MR) is 116 cm³/mol. The Morgan fingerprint density at radius 2 is 1.97 bits per heavy atom. The van der Waals surface area contributed by atoms with Crippen molar-refractivity contribution < 1.29 is 9.53 Å². The highest BCUT2D eigenvalue weighted by molar-refractivity contribution is 6.32.